The zero-order valence-corrected chi connectivity index (χ0v) is 14.4. The summed E-state index contributed by atoms with van der Waals surface area (Å²) in [5, 5.41) is 14.5. The Kier molecular flexibility index (Phi) is 3.92. The predicted molar refractivity (Wildman–Crippen MR) is 98.5 cm³/mol. The number of rotatable bonds is 5. The smallest absolute Gasteiger partial charge is 0.311 e. The molecule has 1 heterocycles. The second-order valence-corrected chi connectivity index (χ2v) is 6.17. The quantitative estimate of drug-likeness (QED) is 0.408. The molecule has 0 aliphatic carbocycles. The van der Waals surface area contributed by atoms with Crippen LogP contribution >= 0.6 is 0 Å². The van der Waals surface area contributed by atoms with Gasteiger partial charge in [0, 0.05) is 10.8 Å². The van der Waals surface area contributed by atoms with Crippen molar-refractivity contribution in [2.24, 2.45) is 0 Å². The van der Waals surface area contributed by atoms with Crippen molar-refractivity contribution in [2.75, 3.05) is 12.4 Å². The van der Waals surface area contributed by atoms with Crippen LogP contribution in [-0.2, 0) is 9.59 Å². The topological polar surface area (TPSA) is 102 Å². The molecule has 0 unspecified atom stereocenters. The summed E-state index contributed by atoms with van der Waals surface area (Å²) in [6.45, 7) is 0. The first-order valence-corrected chi connectivity index (χ1v) is 8.30. The monoisotopic (exact) mass is 365 g/mol. The number of hydrogen-bond acceptors (Lipinski definition) is 5. The Morgan fingerprint density at radius 2 is 1.89 bits per heavy atom. The molecule has 1 amide bonds. The van der Waals surface area contributed by atoms with Gasteiger partial charge in [0.15, 0.2) is 11.5 Å². The molecule has 0 aromatic heterocycles. The van der Waals surface area contributed by atoms with Crippen LogP contribution in [0.25, 0.3) is 21.5 Å². The van der Waals surface area contributed by atoms with Gasteiger partial charge < -0.3 is 19.9 Å². The van der Waals surface area contributed by atoms with Crippen molar-refractivity contribution in [1.29, 1.82) is 0 Å². The zero-order chi connectivity index (χ0) is 19.1. The maximum atomic E-state index is 12.4. The third-order valence-corrected chi connectivity index (χ3v) is 4.52. The van der Waals surface area contributed by atoms with Crippen LogP contribution in [0.1, 0.15) is 23.2 Å². The van der Waals surface area contributed by atoms with Crippen LogP contribution in [0.2, 0.25) is 0 Å². The van der Waals surface area contributed by atoms with Crippen LogP contribution in [0.3, 0.4) is 0 Å². The van der Waals surface area contributed by atoms with Crippen molar-refractivity contribution >= 4 is 45.1 Å². The van der Waals surface area contributed by atoms with Crippen LogP contribution in [0.15, 0.2) is 36.4 Å². The van der Waals surface area contributed by atoms with E-state index < -0.39 is 11.9 Å². The van der Waals surface area contributed by atoms with E-state index in [9.17, 15) is 14.4 Å². The molecule has 7 heteroatoms. The summed E-state index contributed by atoms with van der Waals surface area (Å²) >= 11 is 0. The minimum Gasteiger partial charge on any atom is -0.493 e. The number of ether oxygens (including phenoxy) is 2. The van der Waals surface area contributed by atoms with Gasteiger partial charge in [0.05, 0.1) is 31.2 Å². The molecule has 0 radical (unpaired) electrons. The van der Waals surface area contributed by atoms with Crippen LogP contribution in [-0.4, -0.2) is 30.1 Å². The minimum atomic E-state index is -1.08. The predicted octanol–water partition coefficient (Wildman–Crippen LogP) is 3.34. The number of nitrogens with one attached hydrogen (secondary N) is 1. The summed E-state index contributed by atoms with van der Waals surface area (Å²) in [5.74, 6) is -1.61. The number of carbonyl (C=O) groups excluding carboxylic acids is 2. The average molecular weight is 365 g/mol. The summed E-state index contributed by atoms with van der Waals surface area (Å²) in [4.78, 5) is 35.3. The highest BCUT2D eigenvalue weighted by Gasteiger charge is 2.29. The molecule has 1 aliphatic heterocycles. The summed E-state index contributed by atoms with van der Waals surface area (Å²) < 4.78 is 10.9. The van der Waals surface area contributed by atoms with Crippen LogP contribution < -0.4 is 14.8 Å². The number of carboxylic acid groups (broad SMARTS) is 1. The van der Waals surface area contributed by atoms with Crippen molar-refractivity contribution < 1.29 is 29.0 Å². The normalized spacial score (nSPS) is 12.3. The molecule has 1 aliphatic rings. The van der Waals surface area contributed by atoms with Crippen LogP contribution in [0.4, 0.5) is 5.69 Å². The van der Waals surface area contributed by atoms with Gasteiger partial charge in [-0.15, -0.1) is 0 Å². The van der Waals surface area contributed by atoms with Crippen LogP contribution in [0, 0.1) is 0 Å². The van der Waals surface area contributed by atoms with Crippen molar-refractivity contribution in [3.05, 3.63) is 42.0 Å². The molecular weight excluding hydrogens is 350 g/mol. The minimum absolute atomic E-state index is 0.182. The molecule has 0 saturated heterocycles. The third kappa shape index (κ3) is 2.73. The zero-order valence-electron chi connectivity index (χ0n) is 14.4. The van der Waals surface area contributed by atoms with E-state index in [0.717, 1.165) is 10.8 Å². The highest BCUT2D eigenvalue weighted by Crippen LogP contribution is 2.47. The maximum absolute atomic E-state index is 12.4. The molecule has 2 N–H and O–H groups in total. The number of aliphatic carboxylic acids is 1. The number of fused-ring (bicyclic) bond motifs is 2. The Hall–Kier alpha value is -3.61. The molecular formula is C20H15NO6. The molecule has 7 nitrogen and oxygen atoms in total. The standard InChI is InChI=1S/C20H15NO6/c1-26-14-9-12-17-13(21-20(12)25)8-10-4-2-3-5-11(10)18(17)19(14)27-16(24)7-6-15(22)23/h2-5,8-9H,6-7H2,1H3,(H,21,25)(H,22,23). The molecule has 27 heavy (non-hydrogen) atoms. The van der Waals surface area contributed by atoms with Gasteiger partial charge in [-0.3, -0.25) is 14.4 Å². The van der Waals surface area contributed by atoms with Crippen molar-refractivity contribution in [3.8, 4) is 11.5 Å². The van der Waals surface area contributed by atoms with E-state index in [1.165, 1.54) is 13.2 Å². The lowest BCUT2D eigenvalue weighted by Gasteiger charge is -2.15. The maximum Gasteiger partial charge on any atom is 0.311 e. The van der Waals surface area contributed by atoms with Crippen molar-refractivity contribution in [1.82, 2.24) is 0 Å². The third-order valence-electron chi connectivity index (χ3n) is 4.52. The lowest BCUT2D eigenvalue weighted by molar-refractivity contribution is -0.142. The number of carbonyl (C=O) groups is 3. The van der Waals surface area contributed by atoms with Gasteiger partial charge in [0.2, 0.25) is 0 Å². The second kappa shape index (κ2) is 6.28. The van der Waals surface area contributed by atoms with Gasteiger partial charge in [0.25, 0.3) is 5.91 Å². The van der Waals surface area contributed by atoms with Crippen LogP contribution in [0.5, 0.6) is 11.5 Å². The first-order chi connectivity index (χ1) is 13.0. The molecule has 136 valence electrons. The molecule has 4 rings (SSSR count). The van der Waals surface area contributed by atoms with Crippen molar-refractivity contribution in [2.45, 2.75) is 12.8 Å². The SMILES string of the molecule is COc1cc2c3c(cc4ccccc4c3c1OC(=O)CCC(=O)O)NC2=O. The Labute approximate surface area is 153 Å². The van der Waals surface area contributed by atoms with Gasteiger partial charge in [-0.25, -0.2) is 0 Å². The molecule has 0 bridgehead atoms. The lowest BCUT2D eigenvalue weighted by Crippen LogP contribution is -2.11. The first kappa shape index (κ1) is 16.8. The van der Waals surface area contributed by atoms with E-state index in [1.807, 2.05) is 30.3 Å². The molecule has 0 saturated carbocycles. The Morgan fingerprint density at radius 3 is 2.63 bits per heavy atom. The number of hydrogen-bond donors (Lipinski definition) is 2. The first-order valence-electron chi connectivity index (χ1n) is 8.30. The number of amides is 1. The lowest BCUT2D eigenvalue weighted by atomic mass is 9.97. The molecule has 3 aromatic carbocycles. The van der Waals surface area contributed by atoms with E-state index in [0.29, 0.717) is 22.0 Å². The number of esters is 1. The number of carboxylic acids is 1. The van der Waals surface area contributed by atoms with E-state index in [-0.39, 0.29) is 30.2 Å². The molecule has 0 spiro atoms. The van der Waals surface area contributed by atoms with E-state index in [4.69, 9.17) is 14.6 Å². The Morgan fingerprint density at radius 1 is 1.11 bits per heavy atom. The van der Waals surface area contributed by atoms with Gasteiger partial charge in [0.1, 0.15) is 0 Å². The van der Waals surface area contributed by atoms with E-state index in [2.05, 4.69) is 5.32 Å². The summed E-state index contributed by atoms with van der Waals surface area (Å²) in [7, 11) is 1.42. The fraction of sp³-hybridized carbons (Fsp3) is 0.150. The van der Waals surface area contributed by atoms with Crippen molar-refractivity contribution in [3.63, 3.8) is 0 Å². The van der Waals surface area contributed by atoms with Gasteiger partial charge in [-0.2, -0.15) is 0 Å². The summed E-state index contributed by atoms with van der Waals surface area (Å²) in [6.07, 6.45) is -0.597. The molecule has 0 atom stereocenters. The second-order valence-electron chi connectivity index (χ2n) is 6.17. The summed E-state index contributed by atoms with van der Waals surface area (Å²) in [6, 6.07) is 10.9. The van der Waals surface area contributed by atoms with Gasteiger partial charge in [-0.05, 0) is 22.9 Å². The Balaban J connectivity index is 1.98. The number of methoxy groups -OCH3 is 1. The Bertz CT molecular complexity index is 1130. The summed E-state index contributed by atoms with van der Waals surface area (Å²) in [5.41, 5.74) is 1.07. The van der Waals surface area contributed by atoms with Gasteiger partial charge >= 0.3 is 11.9 Å². The molecule has 0 fully saturated rings. The largest absolute Gasteiger partial charge is 0.493 e. The number of benzene rings is 3. The average Bonchev–Trinajstić information content (AvgIpc) is 2.96. The highest BCUT2D eigenvalue weighted by atomic mass is 16.6. The fourth-order valence-corrected chi connectivity index (χ4v) is 3.35. The van der Waals surface area contributed by atoms with E-state index in [1.54, 1.807) is 0 Å². The number of anilines is 1. The highest BCUT2D eigenvalue weighted by molar-refractivity contribution is 6.30. The fourth-order valence-electron chi connectivity index (χ4n) is 3.35. The van der Waals surface area contributed by atoms with Gasteiger partial charge in [-0.1, -0.05) is 24.3 Å². The van der Waals surface area contributed by atoms with E-state index >= 15 is 0 Å². The molecule has 3 aromatic rings.